The van der Waals surface area contributed by atoms with Gasteiger partial charge < -0.3 is 10.5 Å². The van der Waals surface area contributed by atoms with Gasteiger partial charge in [-0.3, -0.25) is 0 Å². The fourth-order valence-corrected chi connectivity index (χ4v) is 2.53. The highest BCUT2D eigenvalue weighted by molar-refractivity contribution is 7.11. The number of hydrogen-bond acceptors (Lipinski definition) is 4. The van der Waals surface area contributed by atoms with E-state index in [9.17, 15) is 0 Å². The van der Waals surface area contributed by atoms with Crippen molar-refractivity contribution in [3.8, 4) is 5.75 Å². The summed E-state index contributed by atoms with van der Waals surface area (Å²) in [6.45, 7) is 5.29. The fraction of sp³-hybridized carbons (Fsp3) is 0.357. The Morgan fingerprint density at radius 2 is 2.17 bits per heavy atom. The van der Waals surface area contributed by atoms with Gasteiger partial charge in [-0.15, -0.1) is 11.3 Å². The number of thiazole rings is 1. The monoisotopic (exact) mass is 262 g/mol. The van der Waals surface area contributed by atoms with Crippen LogP contribution < -0.4 is 10.5 Å². The number of ether oxygens (including phenoxy) is 1. The Kier molecular flexibility index (Phi) is 4.33. The summed E-state index contributed by atoms with van der Waals surface area (Å²) in [6.07, 6.45) is 2.72. The van der Waals surface area contributed by atoms with E-state index in [1.165, 1.54) is 11.1 Å². The second kappa shape index (κ2) is 5.98. The predicted octanol–water partition coefficient (Wildman–Crippen LogP) is 2.84. The summed E-state index contributed by atoms with van der Waals surface area (Å²) in [6, 6.07) is 6.22. The first-order chi connectivity index (χ1) is 8.69. The molecule has 0 aliphatic rings. The lowest BCUT2D eigenvalue weighted by Crippen LogP contribution is -2.05. The molecule has 0 bridgehead atoms. The molecule has 2 N–H and O–H groups in total. The molecule has 1 aromatic heterocycles. The number of nitrogens with zero attached hydrogens (tertiary/aromatic N) is 1. The van der Waals surface area contributed by atoms with E-state index in [0.29, 0.717) is 13.2 Å². The zero-order chi connectivity index (χ0) is 13.0. The molecular formula is C14H18N2OS. The predicted molar refractivity (Wildman–Crippen MR) is 75.1 cm³/mol. The maximum Gasteiger partial charge on any atom is 0.124 e. The average molecular weight is 262 g/mol. The van der Waals surface area contributed by atoms with E-state index in [2.05, 4.69) is 24.0 Å². The molecule has 0 radical (unpaired) electrons. The van der Waals surface area contributed by atoms with E-state index in [1.807, 2.05) is 19.2 Å². The van der Waals surface area contributed by atoms with Gasteiger partial charge in [-0.1, -0.05) is 17.7 Å². The summed E-state index contributed by atoms with van der Waals surface area (Å²) >= 11 is 1.67. The molecular weight excluding hydrogens is 244 g/mol. The summed E-state index contributed by atoms with van der Waals surface area (Å²) < 4.78 is 5.86. The first kappa shape index (κ1) is 13.1. The second-order valence-corrected chi connectivity index (χ2v) is 5.60. The summed E-state index contributed by atoms with van der Waals surface area (Å²) in [4.78, 5) is 5.37. The van der Waals surface area contributed by atoms with Gasteiger partial charge >= 0.3 is 0 Å². The molecule has 0 unspecified atom stereocenters. The van der Waals surface area contributed by atoms with Crippen molar-refractivity contribution < 1.29 is 4.74 Å². The normalized spacial score (nSPS) is 10.6. The van der Waals surface area contributed by atoms with Crippen molar-refractivity contribution in [3.05, 3.63) is 45.4 Å². The maximum atomic E-state index is 5.86. The van der Waals surface area contributed by atoms with Crippen molar-refractivity contribution in [2.45, 2.75) is 26.9 Å². The molecule has 0 spiro atoms. The summed E-state index contributed by atoms with van der Waals surface area (Å²) in [5.41, 5.74) is 8.04. The summed E-state index contributed by atoms with van der Waals surface area (Å²) in [5.74, 6) is 0.928. The third kappa shape index (κ3) is 3.31. The second-order valence-electron chi connectivity index (χ2n) is 4.28. The van der Waals surface area contributed by atoms with Gasteiger partial charge in [0.1, 0.15) is 12.4 Å². The minimum absolute atomic E-state index is 0.576. The van der Waals surface area contributed by atoms with Gasteiger partial charge in [-0.25, -0.2) is 4.98 Å². The van der Waals surface area contributed by atoms with Crippen LogP contribution in [-0.4, -0.2) is 11.5 Å². The van der Waals surface area contributed by atoms with Crippen LogP contribution >= 0.6 is 11.3 Å². The van der Waals surface area contributed by atoms with Gasteiger partial charge in [-0.2, -0.15) is 0 Å². The smallest absolute Gasteiger partial charge is 0.124 e. The van der Waals surface area contributed by atoms with Crippen LogP contribution in [0.1, 0.15) is 21.0 Å². The van der Waals surface area contributed by atoms with Crippen molar-refractivity contribution in [2.24, 2.45) is 5.73 Å². The first-order valence-electron chi connectivity index (χ1n) is 6.02. The van der Waals surface area contributed by atoms with Gasteiger partial charge in [-0.05, 0) is 38.4 Å². The third-order valence-electron chi connectivity index (χ3n) is 2.67. The fourth-order valence-electron chi connectivity index (χ4n) is 1.82. The highest BCUT2D eigenvalue weighted by atomic mass is 32.1. The highest BCUT2D eigenvalue weighted by Gasteiger charge is 2.05. The Morgan fingerprint density at radius 3 is 2.83 bits per heavy atom. The molecule has 0 saturated heterocycles. The molecule has 1 heterocycles. The number of benzene rings is 1. The van der Waals surface area contributed by atoms with Crippen molar-refractivity contribution >= 4 is 11.3 Å². The summed E-state index contributed by atoms with van der Waals surface area (Å²) in [5, 5.41) is 1.07. The molecule has 0 saturated carbocycles. The molecule has 0 fully saturated rings. The molecule has 2 rings (SSSR count). The first-order valence-corrected chi connectivity index (χ1v) is 6.84. The Morgan fingerprint density at radius 1 is 1.33 bits per heavy atom. The molecule has 2 aromatic rings. The van der Waals surface area contributed by atoms with Crippen molar-refractivity contribution in [1.29, 1.82) is 0 Å². The van der Waals surface area contributed by atoms with Crippen LogP contribution in [-0.2, 0) is 13.0 Å². The van der Waals surface area contributed by atoms with Crippen LogP contribution in [0.2, 0.25) is 0 Å². The SMILES string of the molecule is Cc1ccc(OCc2cnc(C)s2)c(CCN)c1. The molecule has 3 nitrogen and oxygen atoms in total. The standard InChI is InChI=1S/C14H18N2OS/c1-10-3-4-14(12(7-10)5-6-15)17-9-13-8-16-11(2)18-13/h3-4,7-8H,5-6,9,15H2,1-2H3. The molecule has 0 amide bonds. The molecule has 18 heavy (non-hydrogen) atoms. The van der Waals surface area contributed by atoms with Crippen LogP contribution in [0.5, 0.6) is 5.75 Å². The molecule has 4 heteroatoms. The van der Waals surface area contributed by atoms with Crippen LogP contribution in [0.4, 0.5) is 0 Å². The van der Waals surface area contributed by atoms with Crippen LogP contribution in [0.25, 0.3) is 0 Å². The number of aromatic nitrogens is 1. The van der Waals surface area contributed by atoms with Crippen molar-refractivity contribution in [3.63, 3.8) is 0 Å². The maximum absolute atomic E-state index is 5.86. The molecule has 0 atom stereocenters. The third-order valence-corrected chi connectivity index (χ3v) is 3.56. The van der Waals surface area contributed by atoms with Crippen molar-refractivity contribution in [1.82, 2.24) is 4.98 Å². The largest absolute Gasteiger partial charge is 0.488 e. The van der Waals surface area contributed by atoms with E-state index in [0.717, 1.165) is 22.1 Å². The Bertz CT molecular complexity index is 522. The molecule has 0 aliphatic heterocycles. The number of nitrogens with two attached hydrogens (primary N) is 1. The van der Waals surface area contributed by atoms with E-state index in [4.69, 9.17) is 10.5 Å². The Labute approximate surface area is 112 Å². The zero-order valence-electron chi connectivity index (χ0n) is 10.8. The van der Waals surface area contributed by atoms with Crippen LogP contribution in [0.15, 0.2) is 24.4 Å². The minimum Gasteiger partial charge on any atom is -0.488 e. The van der Waals surface area contributed by atoms with E-state index >= 15 is 0 Å². The molecule has 1 aromatic carbocycles. The zero-order valence-corrected chi connectivity index (χ0v) is 11.6. The van der Waals surface area contributed by atoms with Gasteiger partial charge in [0, 0.05) is 6.20 Å². The van der Waals surface area contributed by atoms with E-state index < -0.39 is 0 Å². The van der Waals surface area contributed by atoms with Gasteiger partial charge in [0.25, 0.3) is 0 Å². The average Bonchev–Trinajstić information content (AvgIpc) is 2.75. The lowest BCUT2D eigenvalue weighted by Gasteiger charge is -2.11. The quantitative estimate of drug-likeness (QED) is 0.901. The molecule has 96 valence electrons. The van der Waals surface area contributed by atoms with Gasteiger partial charge in [0.2, 0.25) is 0 Å². The topological polar surface area (TPSA) is 48.1 Å². The number of hydrogen-bond donors (Lipinski definition) is 1. The van der Waals surface area contributed by atoms with Crippen LogP contribution in [0.3, 0.4) is 0 Å². The van der Waals surface area contributed by atoms with E-state index in [1.54, 1.807) is 11.3 Å². The lowest BCUT2D eigenvalue weighted by atomic mass is 10.1. The van der Waals surface area contributed by atoms with Gasteiger partial charge in [0.15, 0.2) is 0 Å². The highest BCUT2D eigenvalue weighted by Crippen LogP contribution is 2.22. The number of rotatable bonds is 5. The van der Waals surface area contributed by atoms with Crippen LogP contribution in [0, 0.1) is 13.8 Å². The minimum atomic E-state index is 0.576. The van der Waals surface area contributed by atoms with E-state index in [-0.39, 0.29) is 0 Å². The summed E-state index contributed by atoms with van der Waals surface area (Å²) in [7, 11) is 0. The van der Waals surface area contributed by atoms with Gasteiger partial charge in [0.05, 0.1) is 9.88 Å². The molecule has 0 aliphatic carbocycles. The number of aryl methyl sites for hydroxylation is 2. The lowest BCUT2D eigenvalue weighted by molar-refractivity contribution is 0.306. The van der Waals surface area contributed by atoms with Crippen molar-refractivity contribution in [2.75, 3.05) is 6.54 Å². The Balaban J connectivity index is 2.08. The Hall–Kier alpha value is -1.39.